The van der Waals surface area contributed by atoms with Gasteiger partial charge in [0.15, 0.2) is 6.10 Å². The summed E-state index contributed by atoms with van der Waals surface area (Å²) in [4.78, 5) is 11.0. The van der Waals surface area contributed by atoms with E-state index in [9.17, 15) is 15.0 Å². The molecule has 0 aliphatic carbocycles. The van der Waals surface area contributed by atoms with Gasteiger partial charge < -0.3 is 14.9 Å². The molecule has 1 aromatic carbocycles. The molecule has 17 heavy (non-hydrogen) atoms. The number of benzene rings is 1. The average molecular weight is 242 g/mol. The molecule has 0 spiro atoms. The minimum Gasteiger partial charge on any atom is -0.871 e. The molecule has 0 unspecified atom stereocenters. The van der Waals surface area contributed by atoms with E-state index in [-0.39, 0.29) is 17.3 Å². The summed E-state index contributed by atoms with van der Waals surface area (Å²) in [6, 6.07) is 3.64. The third kappa shape index (κ3) is 3.31. The van der Waals surface area contributed by atoms with Crippen LogP contribution in [0, 0.1) is 0 Å². The summed E-state index contributed by atoms with van der Waals surface area (Å²) in [5, 5.41) is 37.7. The zero-order chi connectivity index (χ0) is 13.0. The van der Waals surface area contributed by atoms with Gasteiger partial charge in [0, 0.05) is 6.42 Å². The smallest absolute Gasteiger partial charge is 0.335 e. The molecule has 0 aromatic heterocycles. The van der Waals surface area contributed by atoms with Crippen LogP contribution in [-0.4, -0.2) is 34.7 Å². The van der Waals surface area contributed by atoms with Gasteiger partial charge in [0.05, 0.1) is 12.8 Å². The summed E-state index contributed by atoms with van der Waals surface area (Å²) in [6.45, 7) is 0. The van der Waals surface area contributed by atoms with Crippen molar-refractivity contribution in [3.05, 3.63) is 23.8 Å². The molecule has 0 aliphatic heterocycles. The molecule has 0 saturated heterocycles. The number of hydrogen-bond donors (Lipinski definition) is 3. The fraction of sp³-hybridized carbons (Fsp3) is 0.300. The number of carbonyl (C=O) groups is 1. The van der Waals surface area contributed by atoms with E-state index >= 15 is 0 Å². The molecule has 3 N–H and O–H groups in total. The van der Waals surface area contributed by atoms with Crippen molar-refractivity contribution in [2.45, 2.75) is 12.5 Å². The van der Waals surface area contributed by atoms with Crippen LogP contribution in [-0.2, 0) is 16.0 Å². The van der Waals surface area contributed by atoms with Gasteiger partial charge in [-0.25, -0.2) is 4.79 Å². The zero-order valence-corrected chi connectivity index (χ0v) is 9.03. The Labute approximate surface area is 97.0 Å². The van der Waals surface area contributed by atoms with E-state index in [0.717, 1.165) is 19.2 Å². The topological polar surface area (TPSA) is 113 Å². The van der Waals surface area contributed by atoms with Gasteiger partial charge >= 0.3 is 5.97 Å². The molecule has 0 bridgehead atoms. The van der Waals surface area contributed by atoms with Crippen molar-refractivity contribution < 1.29 is 30.2 Å². The molecule has 7 nitrogen and oxygen atoms in total. The lowest BCUT2D eigenvalue weighted by molar-refractivity contribution is -0.268. The zero-order valence-electron chi connectivity index (χ0n) is 9.03. The Morgan fingerprint density at radius 1 is 1.53 bits per heavy atom. The van der Waals surface area contributed by atoms with Crippen LogP contribution in [0.15, 0.2) is 18.2 Å². The van der Waals surface area contributed by atoms with Crippen LogP contribution in [0.4, 0.5) is 5.69 Å². The molecule has 1 atom stereocenters. The summed E-state index contributed by atoms with van der Waals surface area (Å²) in [5.74, 6) is -1.39. The van der Waals surface area contributed by atoms with Gasteiger partial charge in [-0.2, -0.15) is 0 Å². The lowest BCUT2D eigenvalue weighted by Gasteiger charge is -2.18. The van der Waals surface area contributed by atoms with Crippen LogP contribution in [0.2, 0.25) is 0 Å². The number of nitrogens with zero attached hydrogens (tertiary/aromatic N) is 1. The highest BCUT2D eigenvalue weighted by Crippen LogP contribution is 2.24. The van der Waals surface area contributed by atoms with Crippen LogP contribution in [0.1, 0.15) is 5.56 Å². The Bertz CT molecular complexity index is 406. The SMILES string of the molecule is COC(=O)[C@H](O)Cc1ccc([O-])c(N(O)O)c1. The van der Waals surface area contributed by atoms with Crippen molar-refractivity contribution in [1.82, 2.24) is 0 Å². The minimum absolute atomic E-state index is 0.0895. The second-order valence-corrected chi connectivity index (χ2v) is 3.33. The molecular weight excluding hydrogens is 230 g/mol. The molecular formula is C10H12NO6-. The molecule has 94 valence electrons. The molecule has 0 amide bonds. The average Bonchev–Trinajstić information content (AvgIpc) is 2.30. The van der Waals surface area contributed by atoms with Gasteiger partial charge in [-0.1, -0.05) is 17.9 Å². The Balaban J connectivity index is 2.86. The van der Waals surface area contributed by atoms with E-state index in [4.69, 9.17) is 10.4 Å². The van der Waals surface area contributed by atoms with E-state index in [0.29, 0.717) is 5.56 Å². The van der Waals surface area contributed by atoms with Gasteiger partial charge in [-0.15, -0.1) is 5.23 Å². The van der Waals surface area contributed by atoms with Gasteiger partial charge in [0.1, 0.15) is 0 Å². The summed E-state index contributed by atoms with van der Waals surface area (Å²) in [7, 11) is 1.14. The summed E-state index contributed by atoms with van der Waals surface area (Å²) in [6.07, 6.45) is -1.45. The molecule has 0 radical (unpaired) electrons. The summed E-state index contributed by atoms with van der Waals surface area (Å²) < 4.78 is 4.33. The lowest BCUT2D eigenvalue weighted by atomic mass is 10.1. The maximum Gasteiger partial charge on any atom is 0.335 e. The normalized spacial score (nSPS) is 12.0. The number of ether oxygens (including phenoxy) is 1. The highest BCUT2D eigenvalue weighted by Gasteiger charge is 2.16. The number of methoxy groups -OCH3 is 1. The monoisotopic (exact) mass is 242 g/mol. The highest BCUT2D eigenvalue weighted by atomic mass is 16.8. The van der Waals surface area contributed by atoms with Gasteiger partial charge in [-0.05, 0) is 11.6 Å². The molecule has 0 heterocycles. The Kier molecular flexibility index (Phi) is 4.27. The van der Waals surface area contributed by atoms with Crippen molar-refractivity contribution in [3.63, 3.8) is 0 Å². The van der Waals surface area contributed by atoms with Gasteiger partial charge in [0.25, 0.3) is 0 Å². The molecule has 7 heteroatoms. The predicted octanol–water partition coefficient (Wildman–Crippen LogP) is -0.579. The first-order chi connectivity index (χ1) is 7.95. The second kappa shape index (κ2) is 5.48. The Hall–Kier alpha value is -1.83. The first-order valence-electron chi connectivity index (χ1n) is 4.69. The van der Waals surface area contributed by atoms with Crippen LogP contribution < -0.4 is 10.3 Å². The van der Waals surface area contributed by atoms with Crippen LogP contribution >= 0.6 is 0 Å². The molecule has 1 rings (SSSR count). The maximum atomic E-state index is 11.2. The number of aliphatic hydroxyl groups is 1. The van der Waals surface area contributed by atoms with Gasteiger partial charge in [0.2, 0.25) is 0 Å². The van der Waals surface area contributed by atoms with E-state index in [1.807, 2.05) is 0 Å². The standard InChI is InChI=1S/C10H13NO6/c1-17-10(14)9(13)5-6-2-3-8(12)7(4-6)11(15)16/h2-4,9,12-13,15-16H,5H2,1H3/p-1/t9-/m1/s1. The second-order valence-electron chi connectivity index (χ2n) is 3.33. The predicted molar refractivity (Wildman–Crippen MR) is 53.7 cm³/mol. The van der Waals surface area contributed by atoms with Gasteiger partial charge in [-0.3, -0.25) is 10.4 Å². The number of esters is 1. The minimum atomic E-state index is -1.36. The van der Waals surface area contributed by atoms with E-state index < -0.39 is 17.8 Å². The maximum absolute atomic E-state index is 11.2. The van der Waals surface area contributed by atoms with Crippen molar-refractivity contribution in [3.8, 4) is 5.75 Å². The largest absolute Gasteiger partial charge is 0.871 e. The quantitative estimate of drug-likeness (QED) is 0.478. The number of aliphatic hydroxyl groups excluding tert-OH is 1. The fourth-order valence-corrected chi connectivity index (χ4v) is 1.29. The Morgan fingerprint density at radius 3 is 2.71 bits per heavy atom. The lowest BCUT2D eigenvalue weighted by Crippen LogP contribution is -2.24. The number of hydrogen-bond acceptors (Lipinski definition) is 7. The number of anilines is 1. The van der Waals surface area contributed by atoms with E-state index in [2.05, 4.69) is 4.74 Å². The molecule has 0 saturated carbocycles. The third-order valence-electron chi connectivity index (χ3n) is 2.14. The van der Waals surface area contributed by atoms with Crippen molar-refractivity contribution in [2.75, 3.05) is 12.3 Å². The van der Waals surface area contributed by atoms with Crippen LogP contribution in [0.5, 0.6) is 5.75 Å². The highest BCUT2D eigenvalue weighted by molar-refractivity contribution is 5.74. The van der Waals surface area contributed by atoms with Crippen molar-refractivity contribution in [2.24, 2.45) is 0 Å². The van der Waals surface area contributed by atoms with E-state index in [1.54, 1.807) is 0 Å². The first kappa shape index (κ1) is 13.2. The van der Waals surface area contributed by atoms with Crippen molar-refractivity contribution in [1.29, 1.82) is 0 Å². The Morgan fingerprint density at radius 2 is 2.18 bits per heavy atom. The summed E-state index contributed by atoms with van der Waals surface area (Å²) in [5.41, 5.74) is 0.0326. The number of carbonyl (C=O) groups excluding carboxylic acids is 1. The van der Waals surface area contributed by atoms with E-state index in [1.165, 1.54) is 6.07 Å². The third-order valence-corrected chi connectivity index (χ3v) is 2.14. The fourth-order valence-electron chi connectivity index (χ4n) is 1.29. The van der Waals surface area contributed by atoms with Crippen LogP contribution in [0.3, 0.4) is 0 Å². The molecule has 0 fully saturated rings. The van der Waals surface area contributed by atoms with Crippen molar-refractivity contribution >= 4 is 11.7 Å². The molecule has 1 aromatic rings. The van der Waals surface area contributed by atoms with Crippen LogP contribution in [0.25, 0.3) is 0 Å². The summed E-state index contributed by atoms with van der Waals surface area (Å²) >= 11 is 0. The molecule has 0 aliphatic rings. The first-order valence-corrected chi connectivity index (χ1v) is 4.69. The number of rotatable bonds is 4.